The number of rotatable bonds is 3. The molecular weight excluding hydrogens is 256 g/mol. The molecule has 5 atom stereocenters. The minimum absolute atomic E-state index is 0.0258. The zero-order valence-electron chi connectivity index (χ0n) is 9.96. The van der Waals surface area contributed by atoms with Crippen molar-refractivity contribution in [2.24, 2.45) is 0 Å². The van der Waals surface area contributed by atoms with Gasteiger partial charge in [-0.2, -0.15) is 0 Å². The molecule has 7 nitrogen and oxygen atoms in total. The topological polar surface area (TPSA) is 120 Å². The maximum Gasteiger partial charge on any atom is 0.229 e. The van der Waals surface area contributed by atoms with Crippen LogP contribution >= 0.6 is 0 Å². The molecule has 1 fully saturated rings. The molecule has 0 amide bonds. The maximum absolute atomic E-state index is 9.75. The molecular formula is C12H16O7. The van der Waals surface area contributed by atoms with E-state index in [1.807, 2.05) is 0 Å². The summed E-state index contributed by atoms with van der Waals surface area (Å²) in [6.07, 6.45) is -6.67. The summed E-state index contributed by atoms with van der Waals surface area (Å²) in [6.45, 7) is -0.523. The van der Waals surface area contributed by atoms with Crippen molar-refractivity contribution in [2.75, 3.05) is 6.61 Å². The van der Waals surface area contributed by atoms with E-state index in [0.717, 1.165) is 0 Å². The summed E-state index contributed by atoms with van der Waals surface area (Å²) in [6, 6.07) is 5.82. The van der Waals surface area contributed by atoms with E-state index in [1.165, 1.54) is 24.3 Å². The van der Waals surface area contributed by atoms with Gasteiger partial charge in [-0.15, -0.1) is 0 Å². The van der Waals surface area contributed by atoms with Crippen molar-refractivity contribution in [3.63, 3.8) is 0 Å². The Kier molecular flexibility index (Phi) is 4.23. The summed E-state index contributed by atoms with van der Waals surface area (Å²) in [5.74, 6) is 0.200. The van der Waals surface area contributed by atoms with Crippen molar-refractivity contribution >= 4 is 0 Å². The second kappa shape index (κ2) is 5.72. The van der Waals surface area contributed by atoms with Crippen LogP contribution in [-0.4, -0.2) is 62.8 Å². The molecule has 0 saturated carbocycles. The van der Waals surface area contributed by atoms with Gasteiger partial charge in [-0.3, -0.25) is 0 Å². The Hall–Kier alpha value is -1.38. The van der Waals surface area contributed by atoms with E-state index in [4.69, 9.17) is 14.6 Å². The standard InChI is InChI=1S/C12H16O7/c13-5-8-9(15)10(16)11(17)12(19-8)18-7-3-1-2-6(14)4-7/h1-4,8-17H,5H2/t8-,9+,10+,11-,12-/m1/s1. The molecule has 0 radical (unpaired) electrons. The fraction of sp³-hybridized carbons (Fsp3) is 0.500. The summed E-state index contributed by atoms with van der Waals surface area (Å²) < 4.78 is 10.4. The largest absolute Gasteiger partial charge is 0.508 e. The summed E-state index contributed by atoms with van der Waals surface area (Å²) in [5.41, 5.74) is 0. The number of ether oxygens (including phenoxy) is 2. The third kappa shape index (κ3) is 2.96. The number of phenolic OH excluding ortho intramolecular Hbond substituents is 1. The first-order valence-electron chi connectivity index (χ1n) is 5.79. The molecule has 7 heteroatoms. The first-order chi connectivity index (χ1) is 9.02. The van der Waals surface area contributed by atoms with Gasteiger partial charge in [0, 0.05) is 6.07 Å². The Morgan fingerprint density at radius 1 is 1.11 bits per heavy atom. The number of aliphatic hydroxyl groups excluding tert-OH is 4. The molecule has 2 rings (SSSR count). The van der Waals surface area contributed by atoms with E-state index in [1.54, 1.807) is 0 Å². The lowest BCUT2D eigenvalue weighted by Crippen LogP contribution is -2.60. The summed E-state index contributed by atoms with van der Waals surface area (Å²) >= 11 is 0. The maximum atomic E-state index is 9.75. The molecule has 1 aromatic rings. The van der Waals surface area contributed by atoms with Crippen LogP contribution in [0.5, 0.6) is 11.5 Å². The molecule has 5 N–H and O–H groups in total. The smallest absolute Gasteiger partial charge is 0.229 e. The van der Waals surface area contributed by atoms with Gasteiger partial charge in [0.25, 0.3) is 0 Å². The van der Waals surface area contributed by atoms with Crippen LogP contribution in [0.3, 0.4) is 0 Å². The van der Waals surface area contributed by atoms with Crippen LogP contribution in [0.4, 0.5) is 0 Å². The normalized spacial score (nSPS) is 35.1. The Morgan fingerprint density at radius 2 is 1.84 bits per heavy atom. The summed E-state index contributed by atoms with van der Waals surface area (Å²) in [4.78, 5) is 0. The predicted octanol–water partition coefficient (Wildman–Crippen LogP) is -1.43. The van der Waals surface area contributed by atoms with Crippen LogP contribution in [-0.2, 0) is 4.74 Å². The van der Waals surface area contributed by atoms with Gasteiger partial charge in [-0.1, -0.05) is 6.07 Å². The quantitative estimate of drug-likeness (QED) is 0.457. The minimum atomic E-state index is -1.49. The highest BCUT2D eigenvalue weighted by atomic mass is 16.7. The van der Waals surface area contributed by atoms with E-state index in [-0.39, 0.29) is 11.5 Å². The minimum Gasteiger partial charge on any atom is -0.508 e. The lowest BCUT2D eigenvalue weighted by molar-refractivity contribution is -0.277. The number of aromatic hydroxyl groups is 1. The lowest BCUT2D eigenvalue weighted by Gasteiger charge is -2.39. The van der Waals surface area contributed by atoms with E-state index >= 15 is 0 Å². The van der Waals surface area contributed by atoms with Crippen LogP contribution in [0.15, 0.2) is 24.3 Å². The third-order valence-electron chi connectivity index (χ3n) is 2.92. The molecule has 19 heavy (non-hydrogen) atoms. The van der Waals surface area contributed by atoms with E-state index in [9.17, 15) is 20.4 Å². The van der Waals surface area contributed by atoms with Crippen molar-refractivity contribution in [1.29, 1.82) is 0 Å². The van der Waals surface area contributed by atoms with Crippen molar-refractivity contribution in [1.82, 2.24) is 0 Å². The van der Waals surface area contributed by atoms with Gasteiger partial charge in [0.1, 0.15) is 35.9 Å². The molecule has 1 aliphatic rings. The van der Waals surface area contributed by atoms with Gasteiger partial charge in [-0.05, 0) is 12.1 Å². The molecule has 1 aliphatic heterocycles. The average Bonchev–Trinajstić information content (AvgIpc) is 2.39. The average molecular weight is 272 g/mol. The first kappa shape index (κ1) is 14.0. The van der Waals surface area contributed by atoms with Gasteiger partial charge < -0.3 is 35.0 Å². The number of hydrogen-bond donors (Lipinski definition) is 5. The molecule has 0 unspecified atom stereocenters. The van der Waals surface area contributed by atoms with Crippen LogP contribution < -0.4 is 4.74 Å². The van der Waals surface area contributed by atoms with E-state index in [2.05, 4.69) is 0 Å². The Labute approximate surface area is 109 Å². The van der Waals surface area contributed by atoms with Crippen molar-refractivity contribution in [3.8, 4) is 11.5 Å². The Balaban J connectivity index is 2.10. The monoisotopic (exact) mass is 272 g/mol. The van der Waals surface area contributed by atoms with E-state index in [0.29, 0.717) is 0 Å². The van der Waals surface area contributed by atoms with Gasteiger partial charge in [0.15, 0.2) is 0 Å². The highest BCUT2D eigenvalue weighted by Crippen LogP contribution is 2.25. The molecule has 1 aromatic carbocycles. The molecule has 1 saturated heterocycles. The van der Waals surface area contributed by atoms with Crippen molar-refractivity contribution in [3.05, 3.63) is 24.3 Å². The van der Waals surface area contributed by atoms with E-state index < -0.39 is 37.3 Å². The Morgan fingerprint density at radius 3 is 2.47 bits per heavy atom. The fourth-order valence-electron chi connectivity index (χ4n) is 1.86. The fourth-order valence-corrected chi connectivity index (χ4v) is 1.86. The molecule has 0 bridgehead atoms. The second-order valence-corrected chi connectivity index (χ2v) is 4.31. The predicted molar refractivity (Wildman–Crippen MR) is 62.5 cm³/mol. The van der Waals surface area contributed by atoms with Crippen molar-refractivity contribution < 1.29 is 35.0 Å². The van der Waals surface area contributed by atoms with Gasteiger partial charge in [0.05, 0.1) is 6.61 Å². The van der Waals surface area contributed by atoms with Crippen LogP contribution in [0.25, 0.3) is 0 Å². The van der Waals surface area contributed by atoms with Gasteiger partial charge >= 0.3 is 0 Å². The van der Waals surface area contributed by atoms with Gasteiger partial charge in [-0.25, -0.2) is 0 Å². The van der Waals surface area contributed by atoms with Crippen molar-refractivity contribution in [2.45, 2.75) is 30.7 Å². The first-order valence-corrected chi connectivity index (χ1v) is 5.79. The zero-order valence-corrected chi connectivity index (χ0v) is 9.96. The molecule has 1 heterocycles. The SMILES string of the molecule is OC[C@H]1O[C@@H](Oc2cccc(O)c2)[C@H](O)[C@@H](O)[C@H]1O. The lowest BCUT2D eigenvalue weighted by atomic mass is 9.99. The summed E-state index contributed by atoms with van der Waals surface area (Å²) in [5, 5.41) is 47.2. The number of benzene rings is 1. The summed E-state index contributed by atoms with van der Waals surface area (Å²) in [7, 11) is 0. The second-order valence-electron chi connectivity index (χ2n) is 4.31. The van der Waals surface area contributed by atoms with Crippen LogP contribution in [0.2, 0.25) is 0 Å². The Bertz CT molecular complexity index is 422. The number of aliphatic hydroxyl groups is 4. The zero-order chi connectivity index (χ0) is 14.0. The highest BCUT2D eigenvalue weighted by molar-refractivity contribution is 5.31. The van der Waals surface area contributed by atoms with Gasteiger partial charge in [0.2, 0.25) is 6.29 Å². The molecule has 0 aromatic heterocycles. The number of phenols is 1. The number of hydrogen-bond acceptors (Lipinski definition) is 7. The highest BCUT2D eigenvalue weighted by Gasteiger charge is 2.44. The molecule has 106 valence electrons. The van der Waals surface area contributed by atoms with Crippen LogP contribution in [0.1, 0.15) is 0 Å². The molecule has 0 spiro atoms. The molecule has 0 aliphatic carbocycles. The van der Waals surface area contributed by atoms with Crippen LogP contribution in [0, 0.1) is 0 Å². The third-order valence-corrected chi connectivity index (χ3v) is 2.92.